The van der Waals surface area contributed by atoms with Crippen molar-refractivity contribution in [2.24, 2.45) is 0 Å². The third-order valence-corrected chi connectivity index (χ3v) is 7.15. The molecular formula is C23H24N4O3S. The molecule has 2 aromatic heterocycles. The second kappa shape index (κ2) is 8.26. The van der Waals surface area contributed by atoms with Gasteiger partial charge in [-0.2, -0.15) is 0 Å². The molecule has 0 radical (unpaired) electrons. The lowest BCUT2D eigenvalue weighted by atomic mass is 10.1. The van der Waals surface area contributed by atoms with Gasteiger partial charge in [0.05, 0.1) is 10.9 Å². The van der Waals surface area contributed by atoms with Crippen LogP contribution in [0.4, 0.5) is 11.5 Å². The molecule has 1 aromatic carbocycles. The van der Waals surface area contributed by atoms with Crippen LogP contribution in [0.25, 0.3) is 10.2 Å². The molecule has 3 aromatic rings. The van der Waals surface area contributed by atoms with Gasteiger partial charge >= 0.3 is 5.97 Å². The molecule has 5 rings (SSSR count). The van der Waals surface area contributed by atoms with Gasteiger partial charge in [0.15, 0.2) is 12.4 Å². The minimum atomic E-state index is -0.455. The van der Waals surface area contributed by atoms with Crippen molar-refractivity contribution in [3.63, 3.8) is 0 Å². The fourth-order valence-corrected chi connectivity index (χ4v) is 5.67. The number of esters is 1. The predicted octanol–water partition coefficient (Wildman–Crippen LogP) is 4.03. The number of hydrogen-bond acceptors (Lipinski definition) is 7. The Labute approximate surface area is 184 Å². The lowest BCUT2D eigenvalue weighted by Crippen LogP contribution is -2.23. The highest BCUT2D eigenvalue weighted by molar-refractivity contribution is 7.19. The van der Waals surface area contributed by atoms with E-state index in [2.05, 4.69) is 9.97 Å². The normalized spacial score (nSPS) is 16.4. The first-order chi connectivity index (χ1) is 15.1. The van der Waals surface area contributed by atoms with Crippen molar-refractivity contribution in [3.8, 4) is 0 Å². The zero-order valence-corrected chi connectivity index (χ0v) is 18.0. The van der Waals surface area contributed by atoms with E-state index in [-0.39, 0.29) is 12.5 Å². The molecule has 2 aliphatic rings. The van der Waals surface area contributed by atoms with Gasteiger partial charge in [-0.05, 0) is 61.9 Å². The molecule has 0 atom stereocenters. The SMILES string of the molecule is Nc1nc(COC(=O)c2ccc(N3CCCC3=O)cc2)nc2sc3c(c12)CCCCC3. The summed E-state index contributed by atoms with van der Waals surface area (Å²) < 4.78 is 5.43. The molecule has 0 unspecified atom stereocenters. The average molecular weight is 437 g/mol. The van der Waals surface area contributed by atoms with Gasteiger partial charge in [0.1, 0.15) is 10.6 Å². The zero-order valence-electron chi connectivity index (χ0n) is 17.2. The Bertz CT molecular complexity index is 1160. The molecule has 7 nitrogen and oxygen atoms in total. The van der Waals surface area contributed by atoms with Crippen molar-refractivity contribution in [1.29, 1.82) is 0 Å². The molecular weight excluding hydrogens is 412 g/mol. The number of hydrogen-bond donors (Lipinski definition) is 1. The van der Waals surface area contributed by atoms with Crippen molar-refractivity contribution in [3.05, 3.63) is 46.1 Å². The minimum Gasteiger partial charge on any atom is -0.454 e. The first kappa shape index (κ1) is 19.9. The Kier molecular flexibility index (Phi) is 5.31. The monoisotopic (exact) mass is 436 g/mol. The van der Waals surface area contributed by atoms with Gasteiger partial charge in [0, 0.05) is 23.5 Å². The van der Waals surface area contributed by atoms with Gasteiger partial charge in [0.25, 0.3) is 0 Å². The topological polar surface area (TPSA) is 98.4 Å². The van der Waals surface area contributed by atoms with E-state index in [0.717, 1.165) is 41.7 Å². The van der Waals surface area contributed by atoms with Crippen LogP contribution in [0.1, 0.15) is 58.7 Å². The van der Waals surface area contributed by atoms with Crippen LogP contribution in [0.2, 0.25) is 0 Å². The number of carbonyl (C=O) groups is 2. The van der Waals surface area contributed by atoms with E-state index in [9.17, 15) is 9.59 Å². The highest BCUT2D eigenvalue weighted by Crippen LogP contribution is 2.37. The van der Waals surface area contributed by atoms with E-state index >= 15 is 0 Å². The maximum Gasteiger partial charge on any atom is 0.338 e. The Balaban J connectivity index is 1.29. The maximum atomic E-state index is 12.5. The fourth-order valence-electron chi connectivity index (χ4n) is 4.38. The number of benzene rings is 1. The van der Waals surface area contributed by atoms with Crippen LogP contribution in [-0.4, -0.2) is 28.4 Å². The number of rotatable bonds is 4. The standard InChI is InChI=1S/C23H24N4O3S/c24-21-20-16-5-2-1-3-6-17(16)31-22(20)26-18(25-21)13-30-23(29)14-8-10-15(11-9-14)27-12-4-7-19(27)28/h8-11H,1-7,12-13H2,(H2,24,25,26). The van der Waals surface area contributed by atoms with Crippen LogP contribution in [-0.2, 0) is 29.0 Å². The van der Waals surface area contributed by atoms with Gasteiger partial charge in [0.2, 0.25) is 5.91 Å². The molecule has 2 N–H and O–H groups in total. The molecule has 0 spiro atoms. The summed E-state index contributed by atoms with van der Waals surface area (Å²) in [6.45, 7) is 0.684. The number of nitrogens with zero attached hydrogens (tertiary/aromatic N) is 3. The van der Waals surface area contributed by atoms with E-state index < -0.39 is 5.97 Å². The summed E-state index contributed by atoms with van der Waals surface area (Å²) in [5.74, 6) is 0.541. The molecule has 31 heavy (non-hydrogen) atoms. The fraction of sp³-hybridized carbons (Fsp3) is 0.391. The lowest BCUT2D eigenvalue weighted by molar-refractivity contribution is -0.117. The van der Waals surface area contributed by atoms with E-state index in [1.807, 2.05) is 0 Å². The first-order valence-electron chi connectivity index (χ1n) is 10.7. The van der Waals surface area contributed by atoms with Crippen molar-refractivity contribution < 1.29 is 14.3 Å². The Morgan fingerprint density at radius 2 is 1.87 bits per heavy atom. The van der Waals surface area contributed by atoms with Crippen LogP contribution in [0, 0.1) is 0 Å². The summed E-state index contributed by atoms with van der Waals surface area (Å²) in [6, 6.07) is 6.91. The average Bonchev–Trinajstić information content (AvgIpc) is 3.28. The number of aromatic nitrogens is 2. The summed E-state index contributed by atoms with van der Waals surface area (Å²) in [7, 11) is 0. The van der Waals surface area contributed by atoms with Crippen LogP contribution in [0.15, 0.2) is 24.3 Å². The Morgan fingerprint density at radius 3 is 2.65 bits per heavy atom. The number of amides is 1. The molecule has 1 aliphatic carbocycles. The van der Waals surface area contributed by atoms with Crippen LogP contribution in [0.3, 0.4) is 0 Å². The number of anilines is 2. The number of carbonyl (C=O) groups excluding carboxylic acids is 2. The van der Waals surface area contributed by atoms with Crippen molar-refractivity contribution >= 4 is 44.9 Å². The molecule has 8 heteroatoms. The molecule has 1 saturated heterocycles. The summed E-state index contributed by atoms with van der Waals surface area (Å²) in [4.78, 5) is 37.3. The molecule has 3 heterocycles. The van der Waals surface area contributed by atoms with E-state index in [1.165, 1.54) is 29.7 Å². The smallest absolute Gasteiger partial charge is 0.338 e. The van der Waals surface area contributed by atoms with Gasteiger partial charge in [-0.25, -0.2) is 14.8 Å². The number of thiophene rings is 1. The summed E-state index contributed by atoms with van der Waals surface area (Å²) in [5, 5.41) is 0.976. The number of nitrogens with two attached hydrogens (primary N) is 1. The predicted molar refractivity (Wildman–Crippen MR) is 120 cm³/mol. The van der Waals surface area contributed by atoms with Gasteiger partial charge in [-0.1, -0.05) is 6.42 Å². The Morgan fingerprint density at radius 1 is 1.06 bits per heavy atom. The zero-order chi connectivity index (χ0) is 21.4. The van der Waals surface area contributed by atoms with E-state index in [0.29, 0.717) is 23.6 Å². The minimum absolute atomic E-state index is 0.0338. The van der Waals surface area contributed by atoms with Gasteiger partial charge < -0.3 is 15.4 Å². The maximum absolute atomic E-state index is 12.5. The highest BCUT2D eigenvalue weighted by atomic mass is 32.1. The number of ether oxygens (including phenoxy) is 1. The van der Waals surface area contributed by atoms with Crippen LogP contribution < -0.4 is 10.6 Å². The van der Waals surface area contributed by atoms with Gasteiger partial charge in [-0.3, -0.25) is 4.79 Å². The number of fused-ring (bicyclic) bond motifs is 3. The van der Waals surface area contributed by atoms with Crippen molar-refractivity contribution in [2.45, 2.75) is 51.6 Å². The molecule has 1 fully saturated rings. The van der Waals surface area contributed by atoms with E-state index in [1.54, 1.807) is 40.5 Å². The van der Waals surface area contributed by atoms with Crippen LogP contribution in [0.5, 0.6) is 0 Å². The third-order valence-electron chi connectivity index (χ3n) is 5.96. The van der Waals surface area contributed by atoms with Crippen molar-refractivity contribution in [2.75, 3.05) is 17.2 Å². The van der Waals surface area contributed by atoms with E-state index in [4.69, 9.17) is 10.5 Å². The lowest BCUT2D eigenvalue weighted by Gasteiger charge is -2.15. The second-order valence-corrected chi connectivity index (χ2v) is 9.13. The second-order valence-electron chi connectivity index (χ2n) is 8.04. The molecule has 160 valence electrons. The number of aryl methyl sites for hydroxylation is 2. The first-order valence-corrected chi connectivity index (χ1v) is 11.6. The highest BCUT2D eigenvalue weighted by Gasteiger charge is 2.22. The summed E-state index contributed by atoms with van der Waals surface area (Å²) >= 11 is 1.68. The molecule has 0 saturated carbocycles. The summed E-state index contributed by atoms with van der Waals surface area (Å²) in [6.07, 6.45) is 7.14. The van der Waals surface area contributed by atoms with Gasteiger partial charge in [-0.15, -0.1) is 11.3 Å². The number of nitrogen functional groups attached to an aromatic ring is 1. The summed E-state index contributed by atoms with van der Waals surface area (Å²) in [5.41, 5.74) is 8.79. The quantitative estimate of drug-likeness (QED) is 0.490. The van der Waals surface area contributed by atoms with Crippen molar-refractivity contribution in [1.82, 2.24) is 9.97 Å². The Hall–Kier alpha value is -3.00. The third kappa shape index (κ3) is 3.87. The van der Waals surface area contributed by atoms with Crippen LogP contribution >= 0.6 is 11.3 Å². The largest absolute Gasteiger partial charge is 0.454 e. The molecule has 0 bridgehead atoms. The molecule has 1 amide bonds. The molecule has 1 aliphatic heterocycles.